The highest BCUT2D eigenvalue weighted by Gasteiger charge is 2.26. The predicted molar refractivity (Wildman–Crippen MR) is 109 cm³/mol. The van der Waals surface area contributed by atoms with E-state index in [0.29, 0.717) is 16.3 Å². The molecule has 27 heavy (non-hydrogen) atoms. The molecule has 3 rings (SSSR count). The Balaban J connectivity index is 1.82. The second kappa shape index (κ2) is 7.90. The normalized spacial score (nSPS) is 16.5. The molecule has 0 fully saturated rings. The summed E-state index contributed by atoms with van der Waals surface area (Å²) < 4.78 is 25.8. The van der Waals surface area contributed by atoms with E-state index >= 15 is 0 Å². The minimum Gasteiger partial charge on any atom is -0.348 e. The molecule has 1 aliphatic rings. The number of halogens is 1. The van der Waals surface area contributed by atoms with E-state index in [-0.39, 0.29) is 18.5 Å². The molecule has 7 heteroatoms. The number of nitrogens with one attached hydrogen (secondary N) is 1. The molecule has 0 bridgehead atoms. The minimum atomic E-state index is -3.64. The number of rotatable bonds is 5. The molecule has 1 aliphatic carbocycles. The minimum absolute atomic E-state index is 0.0932. The Kier molecular flexibility index (Phi) is 5.77. The monoisotopic (exact) mass is 406 g/mol. The average molecular weight is 407 g/mol. The Morgan fingerprint density at radius 1 is 1.22 bits per heavy atom. The molecule has 0 unspecified atom stereocenters. The van der Waals surface area contributed by atoms with Gasteiger partial charge in [0.05, 0.1) is 18.0 Å². The van der Waals surface area contributed by atoms with Gasteiger partial charge in [-0.05, 0) is 55.0 Å². The summed E-state index contributed by atoms with van der Waals surface area (Å²) in [5.41, 5.74) is 3.39. The van der Waals surface area contributed by atoms with Crippen LogP contribution in [-0.2, 0) is 21.2 Å². The van der Waals surface area contributed by atoms with Gasteiger partial charge in [-0.25, -0.2) is 8.42 Å². The third kappa shape index (κ3) is 4.45. The number of carbonyl (C=O) groups excluding carboxylic acids is 1. The van der Waals surface area contributed by atoms with Gasteiger partial charge in [0, 0.05) is 5.02 Å². The molecule has 5 nitrogen and oxygen atoms in total. The highest BCUT2D eigenvalue weighted by molar-refractivity contribution is 7.92. The van der Waals surface area contributed by atoms with Crippen LogP contribution in [0, 0.1) is 6.92 Å². The van der Waals surface area contributed by atoms with E-state index < -0.39 is 10.0 Å². The fourth-order valence-electron chi connectivity index (χ4n) is 3.52. The lowest BCUT2D eigenvalue weighted by atomic mass is 9.88. The Morgan fingerprint density at radius 3 is 2.70 bits per heavy atom. The van der Waals surface area contributed by atoms with Crippen LogP contribution in [0.2, 0.25) is 5.02 Å². The summed E-state index contributed by atoms with van der Waals surface area (Å²) in [6.07, 6.45) is 3.93. The van der Waals surface area contributed by atoms with E-state index in [2.05, 4.69) is 11.4 Å². The number of carbonyl (C=O) groups is 1. The lowest BCUT2D eigenvalue weighted by Gasteiger charge is -2.28. The smallest absolute Gasteiger partial charge is 0.241 e. The van der Waals surface area contributed by atoms with Crippen molar-refractivity contribution in [3.8, 4) is 0 Å². The van der Waals surface area contributed by atoms with E-state index in [1.807, 2.05) is 18.2 Å². The second-order valence-electron chi connectivity index (χ2n) is 6.86. The van der Waals surface area contributed by atoms with E-state index in [9.17, 15) is 13.2 Å². The van der Waals surface area contributed by atoms with E-state index in [0.717, 1.165) is 35.4 Å². The van der Waals surface area contributed by atoms with Crippen LogP contribution in [0.15, 0.2) is 42.5 Å². The molecule has 1 N–H and O–H groups in total. The summed E-state index contributed by atoms with van der Waals surface area (Å²) in [6, 6.07) is 13.0. The molecule has 2 aromatic carbocycles. The molecule has 0 saturated carbocycles. The third-order valence-corrected chi connectivity index (χ3v) is 6.44. The first-order chi connectivity index (χ1) is 12.8. The molecule has 0 aromatic heterocycles. The topological polar surface area (TPSA) is 66.5 Å². The lowest BCUT2D eigenvalue weighted by molar-refractivity contribution is -0.120. The summed E-state index contributed by atoms with van der Waals surface area (Å²) in [6.45, 7) is 1.46. The fraction of sp³-hybridized carbons (Fsp3) is 0.350. The fourth-order valence-corrected chi connectivity index (χ4v) is 4.60. The molecule has 0 spiro atoms. The van der Waals surface area contributed by atoms with Gasteiger partial charge >= 0.3 is 0 Å². The van der Waals surface area contributed by atoms with Gasteiger partial charge in [0.2, 0.25) is 15.9 Å². The van der Waals surface area contributed by atoms with E-state index in [1.165, 1.54) is 5.56 Å². The molecule has 144 valence electrons. The molecule has 1 atom stereocenters. The van der Waals surface area contributed by atoms with Crippen LogP contribution in [0.5, 0.6) is 0 Å². The van der Waals surface area contributed by atoms with Crippen LogP contribution in [0.3, 0.4) is 0 Å². The maximum absolute atomic E-state index is 12.7. The maximum Gasteiger partial charge on any atom is 0.241 e. The molecule has 1 amide bonds. The van der Waals surface area contributed by atoms with Crippen molar-refractivity contribution in [2.75, 3.05) is 17.1 Å². The van der Waals surface area contributed by atoms with Gasteiger partial charge in [0.15, 0.2) is 0 Å². The zero-order valence-corrected chi connectivity index (χ0v) is 17.0. The van der Waals surface area contributed by atoms with Gasteiger partial charge in [-0.2, -0.15) is 0 Å². The van der Waals surface area contributed by atoms with Crippen molar-refractivity contribution in [1.29, 1.82) is 0 Å². The van der Waals surface area contributed by atoms with Crippen molar-refractivity contribution in [2.45, 2.75) is 32.2 Å². The van der Waals surface area contributed by atoms with Gasteiger partial charge in [0.25, 0.3) is 0 Å². The summed E-state index contributed by atoms with van der Waals surface area (Å²) in [4.78, 5) is 12.7. The number of aryl methyl sites for hydroxylation is 1. The number of hydrogen-bond donors (Lipinski definition) is 1. The molecule has 0 heterocycles. The quantitative estimate of drug-likeness (QED) is 0.824. The standard InChI is InChI=1S/C20H23ClN2O3S/c1-14-17(21)10-6-12-19(14)23(27(2,25)26)13-20(24)22-18-11-5-8-15-7-3-4-9-16(15)18/h3-4,6-7,9-10,12,18H,5,8,11,13H2,1-2H3,(H,22,24)/t18-/m1/s1. The van der Waals surface area contributed by atoms with Gasteiger partial charge in [-0.3, -0.25) is 9.10 Å². The summed E-state index contributed by atoms with van der Waals surface area (Å²) in [5, 5.41) is 3.46. The number of benzene rings is 2. The van der Waals surface area contributed by atoms with Crippen LogP contribution in [-0.4, -0.2) is 27.1 Å². The molecule has 0 radical (unpaired) electrons. The van der Waals surface area contributed by atoms with Crippen molar-refractivity contribution in [3.63, 3.8) is 0 Å². The lowest BCUT2D eigenvalue weighted by Crippen LogP contribution is -2.42. The largest absolute Gasteiger partial charge is 0.348 e. The maximum atomic E-state index is 12.7. The van der Waals surface area contributed by atoms with Crippen LogP contribution in [0.25, 0.3) is 0 Å². The highest BCUT2D eigenvalue weighted by Crippen LogP contribution is 2.30. The van der Waals surface area contributed by atoms with Crippen molar-refractivity contribution < 1.29 is 13.2 Å². The van der Waals surface area contributed by atoms with Gasteiger partial charge in [-0.15, -0.1) is 0 Å². The molecular weight excluding hydrogens is 384 g/mol. The number of nitrogens with zero attached hydrogens (tertiary/aromatic N) is 1. The highest BCUT2D eigenvalue weighted by atomic mass is 35.5. The zero-order valence-electron chi connectivity index (χ0n) is 15.4. The Hall–Kier alpha value is -2.05. The van der Waals surface area contributed by atoms with Crippen molar-refractivity contribution in [3.05, 3.63) is 64.2 Å². The van der Waals surface area contributed by atoms with E-state index in [1.54, 1.807) is 25.1 Å². The summed E-state index contributed by atoms with van der Waals surface area (Å²) >= 11 is 6.13. The molecule has 0 saturated heterocycles. The Bertz CT molecular complexity index is 959. The number of fused-ring (bicyclic) bond motifs is 1. The van der Waals surface area contributed by atoms with Crippen LogP contribution >= 0.6 is 11.6 Å². The molecular formula is C20H23ClN2O3S. The molecule has 0 aliphatic heterocycles. The first-order valence-corrected chi connectivity index (χ1v) is 11.1. The van der Waals surface area contributed by atoms with Gasteiger partial charge < -0.3 is 5.32 Å². The SMILES string of the molecule is Cc1c(Cl)cccc1N(CC(=O)N[C@@H]1CCCc2ccccc21)S(C)(=O)=O. The van der Waals surface area contributed by atoms with Crippen LogP contribution in [0.1, 0.15) is 35.6 Å². The first-order valence-electron chi connectivity index (χ1n) is 8.87. The number of sulfonamides is 1. The van der Waals surface area contributed by atoms with Crippen LogP contribution in [0.4, 0.5) is 5.69 Å². The first kappa shape index (κ1) is 19.7. The predicted octanol–water partition coefficient (Wildman–Crippen LogP) is 3.61. The number of hydrogen-bond acceptors (Lipinski definition) is 3. The van der Waals surface area contributed by atoms with Crippen molar-refractivity contribution in [2.24, 2.45) is 0 Å². The number of amides is 1. The van der Waals surface area contributed by atoms with Crippen molar-refractivity contribution in [1.82, 2.24) is 5.32 Å². The van der Waals surface area contributed by atoms with Gasteiger partial charge in [-0.1, -0.05) is 41.9 Å². The Labute approximate surface area is 165 Å². The molecule has 2 aromatic rings. The van der Waals surface area contributed by atoms with Crippen molar-refractivity contribution >= 4 is 33.2 Å². The summed E-state index contributed by atoms with van der Waals surface area (Å²) in [5.74, 6) is -0.332. The van der Waals surface area contributed by atoms with E-state index in [4.69, 9.17) is 11.6 Å². The third-order valence-electron chi connectivity index (χ3n) is 4.90. The van der Waals surface area contributed by atoms with Gasteiger partial charge in [0.1, 0.15) is 6.54 Å². The average Bonchev–Trinajstić information content (AvgIpc) is 2.62. The zero-order chi connectivity index (χ0) is 19.6. The summed E-state index contributed by atoms with van der Waals surface area (Å²) in [7, 11) is -3.64. The Morgan fingerprint density at radius 2 is 1.96 bits per heavy atom. The number of anilines is 1. The van der Waals surface area contributed by atoms with Crippen LogP contribution < -0.4 is 9.62 Å². The second-order valence-corrected chi connectivity index (χ2v) is 9.18.